The van der Waals surface area contributed by atoms with E-state index in [9.17, 15) is 14.4 Å². The highest BCUT2D eigenvalue weighted by molar-refractivity contribution is 5.92. The van der Waals surface area contributed by atoms with E-state index in [1.165, 1.54) is 4.90 Å². The van der Waals surface area contributed by atoms with Gasteiger partial charge >= 0.3 is 0 Å². The lowest BCUT2D eigenvalue weighted by Gasteiger charge is -2.26. The van der Waals surface area contributed by atoms with Crippen LogP contribution in [0.25, 0.3) is 22.3 Å². The van der Waals surface area contributed by atoms with Gasteiger partial charge < -0.3 is 38.9 Å². The summed E-state index contributed by atoms with van der Waals surface area (Å²) in [5, 5.41) is 2.94. The number of hydrogen-bond donors (Lipinski definition) is 6. The molecule has 0 aliphatic heterocycles. The summed E-state index contributed by atoms with van der Waals surface area (Å²) in [4.78, 5) is 50.5. The van der Waals surface area contributed by atoms with Crippen molar-refractivity contribution in [1.82, 2.24) is 10.2 Å². The largest absolute Gasteiger partial charge is 0.370 e. The third-order valence-electron chi connectivity index (χ3n) is 8.96. The molecule has 11 N–H and O–H groups in total. The van der Waals surface area contributed by atoms with E-state index in [0.29, 0.717) is 25.8 Å². The Bertz CT molecular complexity index is 1820. The van der Waals surface area contributed by atoms with Crippen molar-refractivity contribution in [2.45, 2.75) is 57.0 Å². The van der Waals surface area contributed by atoms with Crippen LogP contribution in [0.5, 0.6) is 0 Å². The van der Waals surface area contributed by atoms with Crippen molar-refractivity contribution in [2.24, 2.45) is 38.7 Å². The van der Waals surface area contributed by atoms with Crippen LogP contribution in [0.15, 0.2) is 119 Å². The summed E-state index contributed by atoms with van der Waals surface area (Å²) in [6.45, 7) is 0.668. The van der Waals surface area contributed by atoms with Crippen molar-refractivity contribution in [2.75, 3.05) is 26.2 Å². The molecule has 0 radical (unpaired) electrons. The van der Waals surface area contributed by atoms with E-state index in [1.807, 2.05) is 109 Å². The molecule has 2 atom stereocenters. The molecule has 0 aliphatic carbocycles. The van der Waals surface area contributed by atoms with E-state index in [4.69, 9.17) is 28.7 Å². The van der Waals surface area contributed by atoms with Gasteiger partial charge in [-0.25, -0.2) is 0 Å². The molecule has 2 amide bonds. The molecule has 12 heteroatoms. The fourth-order valence-electron chi connectivity index (χ4n) is 6.10. The quantitative estimate of drug-likeness (QED) is 0.0422. The summed E-state index contributed by atoms with van der Waals surface area (Å²) in [6, 6.07) is 34.2. The van der Waals surface area contributed by atoms with E-state index >= 15 is 0 Å². The molecule has 0 saturated carbocycles. The Hall–Kier alpha value is -6.01. The number of aliphatic imine (C=N–C) groups is 2. The summed E-state index contributed by atoms with van der Waals surface area (Å²) in [6.07, 6.45) is 3.36. The van der Waals surface area contributed by atoms with Crippen molar-refractivity contribution in [1.29, 1.82) is 0 Å². The predicted molar refractivity (Wildman–Crippen MR) is 217 cm³/mol. The molecule has 4 rings (SSSR count). The van der Waals surface area contributed by atoms with Gasteiger partial charge in [-0.2, -0.15) is 0 Å². The minimum atomic E-state index is -0.900. The number of amides is 2. The Kier molecular flexibility index (Phi) is 16.2. The topological polar surface area (TPSA) is 221 Å². The molecule has 284 valence electrons. The molecule has 54 heavy (non-hydrogen) atoms. The lowest BCUT2D eigenvalue weighted by Crippen LogP contribution is -2.51. The summed E-state index contributed by atoms with van der Waals surface area (Å²) < 4.78 is 0. The van der Waals surface area contributed by atoms with Crippen LogP contribution in [0.3, 0.4) is 0 Å². The molecule has 12 nitrogen and oxygen atoms in total. The number of carbonyl (C=O) groups excluding carboxylic acids is 3. The molecular formula is C42H53N9O3. The standard InChI is InChI=1S/C42H53N9O3/c43-36(27-30-16-20-34(21-17-30)32-11-4-1-5-12-32)40(54)51(26-10-25-49-42(46)47)29-39(53)50-37(38(52)15-8-3-9-24-48-41(44)45)28-31-18-22-35(23-19-31)33-13-6-2-7-14-33/h1-2,4-7,11-14,16-23,36-37H,3,8-10,15,24-29,43H2,(H,50,53)(H4,44,45,48)(H4,46,47,49)/t36-,37-/m0/s1. The van der Waals surface area contributed by atoms with Crippen molar-refractivity contribution in [3.63, 3.8) is 0 Å². The zero-order chi connectivity index (χ0) is 38.7. The number of rotatable bonds is 21. The van der Waals surface area contributed by atoms with Crippen LogP contribution in [-0.2, 0) is 27.2 Å². The van der Waals surface area contributed by atoms with Gasteiger partial charge in [0.25, 0.3) is 0 Å². The Labute approximate surface area is 317 Å². The first-order valence-corrected chi connectivity index (χ1v) is 18.3. The molecule has 0 saturated heterocycles. The van der Waals surface area contributed by atoms with Crippen molar-refractivity contribution in [3.8, 4) is 22.3 Å². The third-order valence-corrected chi connectivity index (χ3v) is 8.96. The van der Waals surface area contributed by atoms with Gasteiger partial charge in [0.15, 0.2) is 17.7 Å². The number of Topliss-reactive ketones (excluding diaryl/α,β-unsaturated/α-hetero) is 1. The normalized spacial score (nSPS) is 11.9. The first-order chi connectivity index (χ1) is 26.1. The van der Waals surface area contributed by atoms with Gasteiger partial charge in [-0.05, 0) is 65.5 Å². The number of carbonyl (C=O) groups is 3. The number of guanidine groups is 2. The van der Waals surface area contributed by atoms with E-state index in [-0.39, 0.29) is 56.1 Å². The lowest BCUT2D eigenvalue weighted by molar-refractivity contribution is -0.137. The van der Waals surface area contributed by atoms with E-state index in [1.54, 1.807) is 0 Å². The van der Waals surface area contributed by atoms with Crippen LogP contribution < -0.4 is 34.0 Å². The van der Waals surface area contributed by atoms with Crippen molar-refractivity contribution < 1.29 is 14.4 Å². The predicted octanol–water partition coefficient (Wildman–Crippen LogP) is 3.51. The number of benzene rings is 4. The highest BCUT2D eigenvalue weighted by Gasteiger charge is 2.26. The van der Waals surface area contributed by atoms with Crippen LogP contribution in [0.1, 0.15) is 43.2 Å². The van der Waals surface area contributed by atoms with Gasteiger partial charge in [0.2, 0.25) is 11.8 Å². The number of nitrogens with two attached hydrogens (primary N) is 5. The maximum absolute atomic E-state index is 13.8. The van der Waals surface area contributed by atoms with Gasteiger partial charge in [-0.15, -0.1) is 0 Å². The van der Waals surface area contributed by atoms with Gasteiger partial charge in [0.1, 0.15) is 0 Å². The SMILES string of the molecule is NC(N)=NCCCCCC(=O)[C@H](Cc1ccc(-c2ccccc2)cc1)NC(=O)CN(CCCN=C(N)N)C(=O)[C@@H](N)Cc1ccc(-c2ccccc2)cc1. The number of unbranched alkanes of at least 4 members (excludes halogenated alkanes) is 2. The molecule has 4 aromatic rings. The van der Waals surface area contributed by atoms with Gasteiger partial charge in [0, 0.05) is 26.1 Å². The Morgan fingerprint density at radius 2 is 1.07 bits per heavy atom. The highest BCUT2D eigenvalue weighted by atomic mass is 16.2. The molecule has 0 spiro atoms. The summed E-state index contributed by atoms with van der Waals surface area (Å²) in [5.74, 6) is -0.970. The Morgan fingerprint density at radius 1 is 0.593 bits per heavy atom. The lowest BCUT2D eigenvalue weighted by atomic mass is 9.96. The number of nitrogens with one attached hydrogen (secondary N) is 1. The van der Waals surface area contributed by atoms with Crippen molar-refractivity contribution in [3.05, 3.63) is 120 Å². The molecule has 0 heterocycles. The van der Waals surface area contributed by atoms with Crippen LogP contribution in [0.4, 0.5) is 0 Å². The summed E-state index contributed by atoms with van der Waals surface area (Å²) in [5.41, 5.74) is 34.4. The first-order valence-electron chi connectivity index (χ1n) is 18.3. The van der Waals surface area contributed by atoms with E-state index in [2.05, 4.69) is 15.3 Å². The fourth-order valence-corrected chi connectivity index (χ4v) is 6.10. The smallest absolute Gasteiger partial charge is 0.240 e. The molecule has 0 aromatic heterocycles. The van der Waals surface area contributed by atoms with Crippen molar-refractivity contribution >= 4 is 29.5 Å². The molecular weight excluding hydrogens is 679 g/mol. The highest BCUT2D eigenvalue weighted by Crippen LogP contribution is 2.21. The second-order valence-electron chi connectivity index (χ2n) is 13.3. The van der Waals surface area contributed by atoms with Crippen LogP contribution in [0.2, 0.25) is 0 Å². The summed E-state index contributed by atoms with van der Waals surface area (Å²) >= 11 is 0. The second-order valence-corrected chi connectivity index (χ2v) is 13.3. The monoisotopic (exact) mass is 731 g/mol. The average Bonchev–Trinajstić information content (AvgIpc) is 3.17. The minimum Gasteiger partial charge on any atom is -0.370 e. The summed E-state index contributed by atoms with van der Waals surface area (Å²) in [7, 11) is 0. The van der Waals surface area contributed by atoms with Crippen LogP contribution >= 0.6 is 0 Å². The Morgan fingerprint density at radius 3 is 1.59 bits per heavy atom. The van der Waals surface area contributed by atoms with Crippen LogP contribution in [-0.4, -0.2) is 72.7 Å². The molecule has 0 fully saturated rings. The minimum absolute atomic E-state index is 0.0364. The molecule has 0 aliphatic rings. The van der Waals surface area contributed by atoms with Gasteiger partial charge in [-0.1, -0.05) is 116 Å². The van der Waals surface area contributed by atoms with Gasteiger partial charge in [-0.3, -0.25) is 24.4 Å². The zero-order valence-electron chi connectivity index (χ0n) is 30.8. The number of ketones is 1. The van der Waals surface area contributed by atoms with Crippen LogP contribution in [0, 0.1) is 0 Å². The fraction of sp³-hybridized carbons (Fsp3) is 0.310. The molecule has 0 bridgehead atoms. The molecule has 4 aromatic carbocycles. The average molecular weight is 732 g/mol. The van der Waals surface area contributed by atoms with E-state index < -0.39 is 18.0 Å². The third kappa shape index (κ3) is 13.8. The van der Waals surface area contributed by atoms with Gasteiger partial charge in [0.05, 0.1) is 18.6 Å². The Balaban J connectivity index is 1.45. The number of hydrogen-bond acceptors (Lipinski definition) is 6. The van der Waals surface area contributed by atoms with E-state index in [0.717, 1.165) is 46.2 Å². The first kappa shape index (κ1) is 40.8. The molecule has 0 unspecified atom stereocenters. The second kappa shape index (κ2) is 21.5. The zero-order valence-corrected chi connectivity index (χ0v) is 30.8. The maximum Gasteiger partial charge on any atom is 0.240 e. The maximum atomic E-state index is 13.8. The number of nitrogens with zero attached hydrogens (tertiary/aromatic N) is 3.